The maximum atomic E-state index is 12.7. The Morgan fingerprint density at radius 1 is 0.929 bits per heavy atom. The fraction of sp³-hybridized carbons (Fsp3) is 0.957. The van der Waals surface area contributed by atoms with Crippen molar-refractivity contribution in [2.45, 2.75) is 122 Å². The molecule has 0 spiro atoms. The summed E-state index contributed by atoms with van der Waals surface area (Å²) in [7, 11) is 1.77. The van der Waals surface area contributed by atoms with Crippen LogP contribution in [-0.2, 0) is 14.3 Å². The number of hydrogen-bond acceptors (Lipinski definition) is 5. The fourth-order valence-electron chi connectivity index (χ4n) is 4.05. The lowest BCUT2D eigenvalue weighted by Crippen LogP contribution is -2.54. The topological polar surface area (TPSA) is 59.0 Å². The summed E-state index contributed by atoms with van der Waals surface area (Å²) < 4.78 is 10.8. The lowest BCUT2D eigenvalue weighted by molar-refractivity contribution is -0.242. The van der Waals surface area contributed by atoms with E-state index in [1.807, 2.05) is 20.8 Å². The monoisotopic (exact) mass is 399 g/mol. The van der Waals surface area contributed by atoms with Crippen LogP contribution in [0.15, 0.2) is 0 Å². The molecule has 0 radical (unpaired) electrons. The lowest BCUT2D eigenvalue weighted by atomic mass is 9.97. The summed E-state index contributed by atoms with van der Waals surface area (Å²) in [5.74, 6) is 0.0218. The Balaban J connectivity index is 2.01. The first-order valence-electron chi connectivity index (χ1n) is 11.6. The van der Waals surface area contributed by atoms with E-state index < -0.39 is 11.3 Å². The van der Waals surface area contributed by atoms with Gasteiger partial charge in [0.2, 0.25) is 5.72 Å². The summed E-state index contributed by atoms with van der Waals surface area (Å²) in [6, 6.07) is 0. The van der Waals surface area contributed by atoms with Crippen molar-refractivity contribution in [3.63, 3.8) is 0 Å². The molecule has 0 bridgehead atoms. The van der Waals surface area contributed by atoms with Crippen molar-refractivity contribution in [3.05, 3.63) is 0 Å². The molecule has 1 rings (SSSR count). The van der Waals surface area contributed by atoms with E-state index in [-0.39, 0.29) is 5.78 Å². The van der Waals surface area contributed by atoms with E-state index in [1.54, 1.807) is 7.11 Å². The Hall–Kier alpha value is -0.490. The molecular formula is C23H45NO4. The number of carbonyl (C=O) groups excluding carboxylic acids is 1. The molecule has 1 aliphatic heterocycles. The second-order valence-electron chi connectivity index (χ2n) is 8.96. The molecule has 5 heteroatoms. The number of hydroxylamine groups is 2. The van der Waals surface area contributed by atoms with Gasteiger partial charge in [-0.1, -0.05) is 71.1 Å². The van der Waals surface area contributed by atoms with Crippen LogP contribution in [0.5, 0.6) is 0 Å². The van der Waals surface area contributed by atoms with Crippen molar-refractivity contribution >= 4 is 5.78 Å². The molecule has 5 nitrogen and oxygen atoms in total. The van der Waals surface area contributed by atoms with Crippen LogP contribution >= 0.6 is 0 Å². The molecule has 1 saturated heterocycles. The third-order valence-electron chi connectivity index (χ3n) is 6.00. The van der Waals surface area contributed by atoms with Crippen molar-refractivity contribution in [3.8, 4) is 0 Å². The molecule has 1 fully saturated rings. The zero-order valence-electron chi connectivity index (χ0n) is 18.9. The second kappa shape index (κ2) is 13.7. The number of ether oxygens (including phenoxy) is 2. The highest BCUT2D eigenvalue weighted by molar-refractivity contribution is 5.87. The Kier molecular flexibility index (Phi) is 12.5. The highest BCUT2D eigenvalue weighted by Gasteiger charge is 2.54. The Morgan fingerprint density at radius 3 is 1.79 bits per heavy atom. The molecule has 0 aromatic heterocycles. The smallest absolute Gasteiger partial charge is 0.202 e. The summed E-state index contributed by atoms with van der Waals surface area (Å²) in [6.07, 6.45) is 15.9. The van der Waals surface area contributed by atoms with Gasteiger partial charge in [-0.3, -0.25) is 4.79 Å². The van der Waals surface area contributed by atoms with Crippen LogP contribution in [0.1, 0.15) is 111 Å². The zero-order chi connectivity index (χ0) is 20.9. The molecule has 0 aromatic rings. The Morgan fingerprint density at radius 2 is 1.39 bits per heavy atom. The van der Waals surface area contributed by atoms with Gasteiger partial charge in [0.05, 0.1) is 12.1 Å². The summed E-state index contributed by atoms with van der Waals surface area (Å²) in [4.78, 5) is 12.7. The van der Waals surface area contributed by atoms with Crippen molar-refractivity contribution in [1.82, 2.24) is 5.06 Å². The van der Waals surface area contributed by atoms with Crippen molar-refractivity contribution in [2.75, 3.05) is 20.3 Å². The molecule has 0 aromatic carbocycles. The average molecular weight is 400 g/mol. The second-order valence-corrected chi connectivity index (χ2v) is 8.96. The highest BCUT2D eigenvalue weighted by Crippen LogP contribution is 2.37. The maximum Gasteiger partial charge on any atom is 0.202 e. The van der Waals surface area contributed by atoms with Gasteiger partial charge in [-0.05, 0) is 33.1 Å². The van der Waals surface area contributed by atoms with Gasteiger partial charge < -0.3 is 14.7 Å². The Labute approximate surface area is 173 Å². The normalized spacial score (nSPS) is 22.0. The molecule has 1 N–H and O–H groups in total. The van der Waals surface area contributed by atoms with Crippen molar-refractivity contribution in [1.29, 1.82) is 0 Å². The van der Waals surface area contributed by atoms with E-state index in [1.165, 1.54) is 64.2 Å². The highest BCUT2D eigenvalue weighted by atomic mass is 16.6. The van der Waals surface area contributed by atoms with Gasteiger partial charge in [-0.2, -0.15) is 0 Å². The van der Waals surface area contributed by atoms with Gasteiger partial charge in [0, 0.05) is 20.1 Å². The largest absolute Gasteiger partial charge is 0.385 e. The standard InChI is InChI=1S/C23H45NO4/c1-5-23(24(26)22(2,3)20-28-23)21(25)18-16-14-12-10-8-6-7-9-11-13-15-17-19-27-4/h26H,5-20H2,1-4H3. The molecule has 1 heterocycles. The van der Waals surface area contributed by atoms with Crippen LogP contribution in [0.3, 0.4) is 0 Å². The predicted octanol–water partition coefficient (Wildman–Crippen LogP) is 5.88. The lowest BCUT2D eigenvalue weighted by Gasteiger charge is -2.35. The van der Waals surface area contributed by atoms with Gasteiger partial charge in [-0.15, -0.1) is 5.06 Å². The van der Waals surface area contributed by atoms with Crippen molar-refractivity contribution < 1.29 is 19.5 Å². The zero-order valence-corrected chi connectivity index (χ0v) is 18.9. The Bertz CT molecular complexity index is 427. The number of carbonyl (C=O) groups is 1. The van der Waals surface area contributed by atoms with Gasteiger partial charge in [-0.25, -0.2) is 0 Å². The quantitative estimate of drug-likeness (QED) is 0.310. The van der Waals surface area contributed by atoms with E-state index in [0.717, 1.165) is 24.5 Å². The van der Waals surface area contributed by atoms with Crippen LogP contribution in [-0.4, -0.2) is 47.6 Å². The third kappa shape index (κ3) is 8.10. The van der Waals surface area contributed by atoms with E-state index in [4.69, 9.17) is 9.47 Å². The predicted molar refractivity (Wildman–Crippen MR) is 114 cm³/mol. The third-order valence-corrected chi connectivity index (χ3v) is 6.00. The minimum absolute atomic E-state index is 0.0218. The molecule has 28 heavy (non-hydrogen) atoms. The number of ketones is 1. The van der Waals surface area contributed by atoms with Crippen LogP contribution in [0.25, 0.3) is 0 Å². The van der Waals surface area contributed by atoms with E-state index >= 15 is 0 Å². The maximum absolute atomic E-state index is 12.7. The minimum Gasteiger partial charge on any atom is -0.385 e. The van der Waals surface area contributed by atoms with Gasteiger partial charge in [0.1, 0.15) is 0 Å². The van der Waals surface area contributed by atoms with Gasteiger partial charge >= 0.3 is 0 Å². The molecule has 0 aliphatic carbocycles. The van der Waals surface area contributed by atoms with Crippen molar-refractivity contribution in [2.24, 2.45) is 0 Å². The summed E-state index contributed by atoms with van der Waals surface area (Å²) >= 11 is 0. The fourth-order valence-corrected chi connectivity index (χ4v) is 4.05. The summed E-state index contributed by atoms with van der Waals surface area (Å²) in [5, 5.41) is 11.6. The van der Waals surface area contributed by atoms with Crippen LogP contribution in [0, 0.1) is 0 Å². The summed E-state index contributed by atoms with van der Waals surface area (Å²) in [6.45, 7) is 6.99. The number of nitrogens with zero attached hydrogens (tertiary/aromatic N) is 1. The number of rotatable bonds is 17. The van der Waals surface area contributed by atoms with Crippen LogP contribution in [0.2, 0.25) is 0 Å². The molecular weight excluding hydrogens is 354 g/mol. The first kappa shape index (κ1) is 25.5. The molecule has 1 unspecified atom stereocenters. The number of methoxy groups -OCH3 is 1. The number of unbranched alkanes of at least 4 members (excludes halogenated alkanes) is 11. The summed E-state index contributed by atoms with van der Waals surface area (Å²) in [5.41, 5.74) is -1.64. The SMILES string of the molecule is CCC1(C(=O)CCCCCCCCCCCCCCOC)OCC(C)(C)N1O. The van der Waals surface area contributed by atoms with Crippen LogP contribution < -0.4 is 0 Å². The molecule has 1 aliphatic rings. The van der Waals surface area contributed by atoms with E-state index in [2.05, 4.69) is 0 Å². The first-order chi connectivity index (χ1) is 13.4. The van der Waals surface area contributed by atoms with E-state index in [0.29, 0.717) is 19.4 Å². The number of hydrogen-bond donors (Lipinski definition) is 1. The van der Waals surface area contributed by atoms with Crippen LogP contribution in [0.4, 0.5) is 0 Å². The molecule has 0 saturated carbocycles. The molecule has 1 atom stereocenters. The minimum atomic E-state index is -1.13. The average Bonchev–Trinajstić information content (AvgIpc) is 2.92. The van der Waals surface area contributed by atoms with Gasteiger partial charge in [0.15, 0.2) is 5.78 Å². The first-order valence-corrected chi connectivity index (χ1v) is 11.6. The van der Waals surface area contributed by atoms with Gasteiger partial charge in [0.25, 0.3) is 0 Å². The number of Topliss-reactive ketones (excluding diaryl/α,β-unsaturated/α-hetero) is 1. The van der Waals surface area contributed by atoms with E-state index in [9.17, 15) is 10.0 Å². The molecule has 166 valence electrons. The molecule has 0 amide bonds.